The minimum Gasteiger partial charge on any atom is -0.497 e. The van der Waals surface area contributed by atoms with Gasteiger partial charge in [0.05, 0.1) is 12.8 Å². The SMILES string of the molecule is COc1ccc(-c2cc(C(=O)N3CCN(c4cccc(C)c4)C(C)C3)[nH]n2)cc1. The van der Waals surface area contributed by atoms with E-state index >= 15 is 0 Å². The van der Waals surface area contributed by atoms with Gasteiger partial charge < -0.3 is 14.5 Å². The van der Waals surface area contributed by atoms with Crippen LogP contribution in [0.25, 0.3) is 11.3 Å². The average Bonchev–Trinajstić information content (AvgIpc) is 3.23. The van der Waals surface area contributed by atoms with Crippen LogP contribution in [0, 0.1) is 6.92 Å². The van der Waals surface area contributed by atoms with Crippen LogP contribution in [0.1, 0.15) is 23.0 Å². The fourth-order valence-corrected chi connectivity index (χ4v) is 3.84. The Morgan fingerprint density at radius 3 is 2.62 bits per heavy atom. The van der Waals surface area contributed by atoms with Crippen LogP contribution in [0.15, 0.2) is 54.6 Å². The van der Waals surface area contributed by atoms with Crippen molar-refractivity contribution in [3.05, 3.63) is 65.9 Å². The third-order valence-electron chi connectivity index (χ3n) is 5.44. The second-order valence-electron chi connectivity index (χ2n) is 7.53. The van der Waals surface area contributed by atoms with E-state index in [1.165, 1.54) is 11.3 Å². The molecule has 1 amide bonds. The molecule has 1 saturated heterocycles. The van der Waals surface area contributed by atoms with Gasteiger partial charge in [-0.15, -0.1) is 0 Å². The lowest BCUT2D eigenvalue weighted by atomic mass is 10.1. The zero-order valence-electron chi connectivity index (χ0n) is 17.1. The maximum absolute atomic E-state index is 13.0. The van der Waals surface area contributed by atoms with Gasteiger partial charge in [0, 0.05) is 36.9 Å². The number of nitrogens with one attached hydrogen (secondary N) is 1. The van der Waals surface area contributed by atoms with Crippen molar-refractivity contribution < 1.29 is 9.53 Å². The number of hydrogen-bond acceptors (Lipinski definition) is 4. The van der Waals surface area contributed by atoms with Gasteiger partial charge in [-0.05, 0) is 61.9 Å². The van der Waals surface area contributed by atoms with Gasteiger partial charge >= 0.3 is 0 Å². The average molecular weight is 390 g/mol. The van der Waals surface area contributed by atoms with Gasteiger partial charge in [-0.3, -0.25) is 9.89 Å². The van der Waals surface area contributed by atoms with Crippen LogP contribution in [-0.2, 0) is 0 Å². The highest BCUT2D eigenvalue weighted by Crippen LogP contribution is 2.24. The Morgan fingerprint density at radius 2 is 1.93 bits per heavy atom. The Morgan fingerprint density at radius 1 is 1.14 bits per heavy atom. The van der Waals surface area contributed by atoms with Crippen LogP contribution in [0.3, 0.4) is 0 Å². The van der Waals surface area contributed by atoms with Gasteiger partial charge in [0.2, 0.25) is 0 Å². The van der Waals surface area contributed by atoms with Gasteiger partial charge in [0.25, 0.3) is 5.91 Å². The quantitative estimate of drug-likeness (QED) is 0.737. The number of carbonyl (C=O) groups excluding carboxylic acids is 1. The summed E-state index contributed by atoms with van der Waals surface area (Å²) >= 11 is 0. The van der Waals surface area contributed by atoms with E-state index in [1.807, 2.05) is 35.2 Å². The smallest absolute Gasteiger partial charge is 0.272 e. The molecule has 1 fully saturated rings. The summed E-state index contributed by atoms with van der Waals surface area (Å²) in [6.07, 6.45) is 0. The molecule has 1 aliphatic heterocycles. The summed E-state index contributed by atoms with van der Waals surface area (Å²) in [5.74, 6) is 0.786. The van der Waals surface area contributed by atoms with Crippen molar-refractivity contribution in [2.75, 3.05) is 31.6 Å². The van der Waals surface area contributed by atoms with E-state index in [4.69, 9.17) is 4.74 Å². The maximum atomic E-state index is 13.0. The number of anilines is 1. The number of aryl methyl sites for hydroxylation is 1. The summed E-state index contributed by atoms with van der Waals surface area (Å²) in [4.78, 5) is 17.3. The molecule has 0 spiro atoms. The molecule has 6 nitrogen and oxygen atoms in total. The fourth-order valence-electron chi connectivity index (χ4n) is 3.84. The molecule has 1 N–H and O–H groups in total. The predicted octanol–water partition coefficient (Wildman–Crippen LogP) is 3.74. The minimum atomic E-state index is -0.00648. The van der Waals surface area contributed by atoms with Crippen LogP contribution in [0.5, 0.6) is 5.75 Å². The lowest BCUT2D eigenvalue weighted by Crippen LogP contribution is -2.53. The first-order valence-corrected chi connectivity index (χ1v) is 9.87. The van der Waals surface area contributed by atoms with E-state index in [2.05, 4.69) is 53.2 Å². The molecule has 0 saturated carbocycles. The summed E-state index contributed by atoms with van der Waals surface area (Å²) in [5.41, 5.74) is 4.68. The maximum Gasteiger partial charge on any atom is 0.272 e. The number of ether oxygens (including phenoxy) is 1. The number of H-pyrrole nitrogens is 1. The summed E-state index contributed by atoms with van der Waals surface area (Å²) in [7, 11) is 1.64. The first kappa shape index (κ1) is 19.1. The zero-order valence-corrected chi connectivity index (χ0v) is 17.1. The number of carbonyl (C=O) groups is 1. The van der Waals surface area contributed by atoms with Gasteiger partial charge in [-0.2, -0.15) is 5.10 Å². The number of methoxy groups -OCH3 is 1. The Bertz CT molecular complexity index is 996. The van der Waals surface area contributed by atoms with Crippen molar-refractivity contribution in [2.24, 2.45) is 0 Å². The van der Waals surface area contributed by atoms with E-state index < -0.39 is 0 Å². The van der Waals surface area contributed by atoms with Crippen molar-refractivity contribution >= 4 is 11.6 Å². The first-order chi connectivity index (χ1) is 14.0. The van der Waals surface area contributed by atoms with Crippen LogP contribution in [-0.4, -0.2) is 53.8 Å². The summed E-state index contributed by atoms with van der Waals surface area (Å²) in [6.45, 7) is 6.46. The molecule has 6 heteroatoms. The Kier molecular flexibility index (Phi) is 5.25. The van der Waals surface area contributed by atoms with Crippen LogP contribution < -0.4 is 9.64 Å². The van der Waals surface area contributed by atoms with Crippen LogP contribution >= 0.6 is 0 Å². The van der Waals surface area contributed by atoms with Crippen molar-refractivity contribution in [2.45, 2.75) is 19.9 Å². The van der Waals surface area contributed by atoms with Crippen molar-refractivity contribution in [3.63, 3.8) is 0 Å². The topological polar surface area (TPSA) is 61.5 Å². The Labute approximate surface area is 171 Å². The lowest BCUT2D eigenvalue weighted by molar-refractivity contribution is 0.0720. The molecular weight excluding hydrogens is 364 g/mol. The fraction of sp³-hybridized carbons (Fsp3) is 0.304. The van der Waals surface area contributed by atoms with Crippen molar-refractivity contribution in [1.82, 2.24) is 15.1 Å². The monoisotopic (exact) mass is 390 g/mol. The van der Waals surface area contributed by atoms with Gasteiger partial charge in [0.15, 0.2) is 0 Å². The Balaban J connectivity index is 1.45. The zero-order chi connectivity index (χ0) is 20.4. The standard InChI is InChI=1S/C23H26N4O2/c1-16-5-4-6-19(13-16)27-12-11-26(15-17(27)2)23(28)22-14-21(24-25-22)18-7-9-20(29-3)10-8-18/h4-10,13-14,17H,11-12,15H2,1-3H3,(H,24,25). The van der Waals surface area contributed by atoms with Crippen LogP contribution in [0.2, 0.25) is 0 Å². The molecule has 2 aromatic carbocycles. The minimum absolute atomic E-state index is 0.00648. The predicted molar refractivity (Wildman–Crippen MR) is 114 cm³/mol. The van der Waals surface area contributed by atoms with Crippen molar-refractivity contribution in [3.8, 4) is 17.0 Å². The van der Waals surface area contributed by atoms with E-state index in [0.29, 0.717) is 18.8 Å². The number of aromatic nitrogens is 2. The largest absolute Gasteiger partial charge is 0.497 e. The summed E-state index contributed by atoms with van der Waals surface area (Å²) in [5, 5.41) is 7.23. The second-order valence-corrected chi connectivity index (χ2v) is 7.53. The molecule has 4 rings (SSSR count). The molecule has 1 aromatic heterocycles. The molecule has 1 unspecified atom stereocenters. The molecule has 2 heterocycles. The number of hydrogen-bond donors (Lipinski definition) is 1. The molecule has 0 radical (unpaired) electrons. The van der Waals surface area contributed by atoms with E-state index in [-0.39, 0.29) is 11.9 Å². The highest BCUT2D eigenvalue weighted by atomic mass is 16.5. The molecule has 0 bridgehead atoms. The third-order valence-corrected chi connectivity index (χ3v) is 5.44. The first-order valence-electron chi connectivity index (χ1n) is 9.87. The number of rotatable bonds is 4. The van der Waals surface area contributed by atoms with Gasteiger partial charge in [-0.25, -0.2) is 0 Å². The number of nitrogens with zero attached hydrogens (tertiary/aromatic N) is 3. The third kappa shape index (κ3) is 3.97. The summed E-state index contributed by atoms with van der Waals surface area (Å²) in [6, 6.07) is 18.2. The van der Waals surface area contributed by atoms with E-state index in [0.717, 1.165) is 23.6 Å². The summed E-state index contributed by atoms with van der Waals surface area (Å²) < 4.78 is 5.19. The van der Waals surface area contributed by atoms with Crippen LogP contribution in [0.4, 0.5) is 5.69 Å². The molecule has 1 aliphatic rings. The number of benzene rings is 2. The second kappa shape index (κ2) is 7.99. The molecular formula is C23H26N4O2. The lowest BCUT2D eigenvalue weighted by Gasteiger charge is -2.41. The number of piperazine rings is 1. The molecule has 0 aliphatic carbocycles. The van der Waals surface area contributed by atoms with E-state index in [1.54, 1.807) is 7.11 Å². The molecule has 150 valence electrons. The number of amides is 1. The van der Waals surface area contributed by atoms with E-state index in [9.17, 15) is 4.79 Å². The highest BCUT2D eigenvalue weighted by molar-refractivity contribution is 5.93. The number of aromatic amines is 1. The molecule has 1 atom stereocenters. The van der Waals surface area contributed by atoms with Gasteiger partial charge in [-0.1, -0.05) is 12.1 Å². The van der Waals surface area contributed by atoms with Gasteiger partial charge in [0.1, 0.15) is 11.4 Å². The Hall–Kier alpha value is -3.28. The molecule has 3 aromatic rings. The highest BCUT2D eigenvalue weighted by Gasteiger charge is 2.28. The normalized spacial score (nSPS) is 16.7. The molecule has 29 heavy (non-hydrogen) atoms. The van der Waals surface area contributed by atoms with Crippen molar-refractivity contribution in [1.29, 1.82) is 0 Å².